The molecule has 1 unspecified atom stereocenters. The van der Waals surface area contributed by atoms with E-state index in [0.717, 1.165) is 29.6 Å². The summed E-state index contributed by atoms with van der Waals surface area (Å²) in [5.74, 6) is 0. The number of aromatic nitrogens is 2. The van der Waals surface area contributed by atoms with Crippen LogP contribution in [-0.2, 0) is 6.18 Å². The first-order valence-corrected chi connectivity index (χ1v) is 6.00. The van der Waals surface area contributed by atoms with Crippen molar-refractivity contribution >= 4 is 0 Å². The summed E-state index contributed by atoms with van der Waals surface area (Å²) in [6.45, 7) is 3.64. The van der Waals surface area contributed by atoms with Gasteiger partial charge < -0.3 is 5.73 Å². The van der Waals surface area contributed by atoms with E-state index >= 15 is 0 Å². The molecule has 0 aliphatic heterocycles. The summed E-state index contributed by atoms with van der Waals surface area (Å²) in [6.07, 6.45) is -0.622. The molecule has 20 heavy (non-hydrogen) atoms. The van der Waals surface area contributed by atoms with Crippen molar-refractivity contribution in [2.24, 2.45) is 5.73 Å². The lowest BCUT2D eigenvalue weighted by Gasteiger charge is -2.18. The Balaban J connectivity index is 2.51. The van der Waals surface area contributed by atoms with Crippen molar-refractivity contribution in [3.63, 3.8) is 0 Å². The second-order valence-corrected chi connectivity index (χ2v) is 4.65. The Morgan fingerprint density at radius 3 is 2.50 bits per heavy atom. The molecule has 2 heterocycles. The van der Waals surface area contributed by atoms with Gasteiger partial charge in [0.15, 0.2) is 0 Å². The third-order valence-corrected chi connectivity index (χ3v) is 3.04. The fourth-order valence-corrected chi connectivity index (χ4v) is 2.11. The summed E-state index contributed by atoms with van der Waals surface area (Å²) in [7, 11) is 0. The van der Waals surface area contributed by atoms with Crippen LogP contribution < -0.4 is 5.73 Å². The molecule has 2 aromatic rings. The average Bonchev–Trinajstić information content (AvgIpc) is 2.37. The number of nitrogens with two attached hydrogens (primary N) is 1. The van der Waals surface area contributed by atoms with Gasteiger partial charge in [-0.3, -0.25) is 9.97 Å². The van der Waals surface area contributed by atoms with E-state index in [4.69, 9.17) is 5.73 Å². The highest BCUT2D eigenvalue weighted by Gasteiger charge is 2.35. The molecule has 2 N–H and O–H groups in total. The predicted molar refractivity (Wildman–Crippen MR) is 69.0 cm³/mol. The molecular formula is C14H14F3N3. The number of nitrogens with zero attached hydrogens (tertiary/aromatic N) is 2. The molecule has 0 fully saturated rings. The van der Waals surface area contributed by atoms with Crippen molar-refractivity contribution < 1.29 is 13.2 Å². The number of hydrogen-bond acceptors (Lipinski definition) is 3. The lowest BCUT2D eigenvalue weighted by atomic mass is 9.97. The molecule has 0 saturated heterocycles. The normalized spacial score (nSPS) is 13.3. The molecular weight excluding hydrogens is 267 g/mol. The molecule has 2 rings (SSSR count). The predicted octanol–water partition coefficient (Wildman–Crippen LogP) is 3.16. The van der Waals surface area contributed by atoms with Gasteiger partial charge in [0.25, 0.3) is 0 Å². The summed E-state index contributed by atoms with van der Waals surface area (Å²) >= 11 is 0. The lowest BCUT2D eigenvalue weighted by molar-refractivity contribution is -0.138. The van der Waals surface area contributed by atoms with Gasteiger partial charge in [0.05, 0.1) is 17.3 Å². The lowest BCUT2D eigenvalue weighted by Crippen LogP contribution is -2.20. The maximum absolute atomic E-state index is 13.0. The largest absolute Gasteiger partial charge is 0.416 e. The van der Waals surface area contributed by atoms with Gasteiger partial charge in [-0.25, -0.2) is 0 Å². The van der Waals surface area contributed by atoms with Crippen molar-refractivity contribution in [2.45, 2.75) is 26.1 Å². The molecule has 0 aromatic carbocycles. The third-order valence-electron chi connectivity index (χ3n) is 3.04. The number of rotatable bonds is 2. The van der Waals surface area contributed by atoms with E-state index in [1.165, 1.54) is 0 Å². The Morgan fingerprint density at radius 2 is 1.90 bits per heavy atom. The van der Waals surface area contributed by atoms with Gasteiger partial charge in [0.1, 0.15) is 0 Å². The van der Waals surface area contributed by atoms with E-state index in [1.807, 2.05) is 13.0 Å². The molecule has 0 amide bonds. The van der Waals surface area contributed by atoms with Gasteiger partial charge in [0, 0.05) is 24.2 Å². The van der Waals surface area contributed by atoms with Crippen LogP contribution in [0.5, 0.6) is 0 Å². The van der Waals surface area contributed by atoms with Crippen molar-refractivity contribution in [2.75, 3.05) is 0 Å². The molecule has 3 nitrogen and oxygen atoms in total. The van der Waals surface area contributed by atoms with E-state index in [0.29, 0.717) is 5.69 Å². The van der Waals surface area contributed by atoms with Crippen molar-refractivity contribution in [1.82, 2.24) is 9.97 Å². The number of pyridine rings is 2. The van der Waals surface area contributed by atoms with E-state index in [-0.39, 0.29) is 5.56 Å². The first-order valence-electron chi connectivity index (χ1n) is 6.00. The quantitative estimate of drug-likeness (QED) is 0.920. The van der Waals surface area contributed by atoms with Gasteiger partial charge in [-0.2, -0.15) is 13.2 Å². The Bertz CT molecular complexity index is 623. The third kappa shape index (κ3) is 2.80. The van der Waals surface area contributed by atoms with Crippen LogP contribution in [0.3, 0.4) is 0 Å². The SMILES string of the molecule is Cc1cnc(C(N)c2cnccc2C(F)(F)F)c(C)c1. The first-order chi connectivity index (χ1) is 9.30. The highest BCUT2D eigenvalue weighted by Crippen LogP contribution is 2.35. The molecule has 0 radical (unpaired) electrons. The molecule has 2 aromatic heterocycles. The number of hydrogen-bond donors (Lipinski definition) is 1. The Hall–Kier alpha value is -1.95. The monoisotopic (exact) mass is 281 g/mol. The molecule has 0 aliphatic rings. The molecule has 0 aliphatic carbocycles. The van der Waals surface area contributed by atoms with E-state index in [9.17, 15) is 13.2 Å². The van der Waals surface area contributed by atoms with Crippen molar-refractivity contribution in [3.05, 3.63) is 58.7 Å². The zero-order valence-corrected chi connectivity index (χ0v) is 11.1. The minimum Gasteiger partial charge on any atom is -0.319 e. The number of aryl methyl sites for hydroxylation is 2. The van der Waals surface area contributed by atoms with Gasteiger partial charge in [-0.05, 0) is 31.0 Å². The minimum absolute atomic E-state index is 0.0700. The second-order valence-electron chi connectivity index (χ2n) is 4.65. The Labute approximate surface area is 114 Å². The highest BCUT2D eigenvalue weighted by molar-refractivity contribution is 5.37. The summed E-state index contributed by atoms with van der Waals surface area (Å²) in [5, 5.41) is 0. The molecule has 0 spiro atoms. The molecule has 1 atom stereocenters. The number of alkyl halides is 3. The summed E-state index contributed by atoms with van der Waals surface area (Å²) in [4.78, 5) is 7.90. The molecule has 6 heteroatoms. The van der Waals surface area contributed by atoms with Crippen LogP contribution in [0.4, 0.5) is 13.2 Å². The highest BCUT2D eigenvalue weighted by atomic mass is 19.4. The molecule has 0 saturated carbocycles. The van der Waals surface area contributed by atoms with E-state index in [1.54, 1.807) is 13.1 Å². The van der Waals surface area contributed by atoms with Gasteiger partial charge >= 0.3 is 6.18 Å². The van der Waals surface area contributed by atoms with Crippen LogP contribution in [0, 0.1) is 13.8 Å². The van der Waals surface area contributed by atoms with Crippen molar-refractivity contribution in [3.8, 4) is 0 Å². The van der Waals surface area contributed by atoms with E-state index < -0.39 is 17.8 Å². The molecule has 0 bridgehead atoms. The smallest absolute Gasteiger partial charge is 0.319 e. The zero-order valence-electron chi connectivity index (χ0n) is 11.1. The Kier molecular flexibility index (Phi) is 3.76. The second kappa shape index (κ2) is 5.20. The van der Waals surface area contributed by atoms with E-state index in [2.05, 4.69) is 9.97 Å². The van der Waals surface area contributed by atoms with Crippen molar-refractivity contribution in [1.29, 1.82) is 0 Å². The van der Waals surface area contributed by atoms with Crippen LogP contribution in [0.15, 0.2) is 30.7 Å². The van der Waals surface area contributed by atoms with Crippen LogP contribution in [-0.4, -0.2) is 9.97 Å². The summed E-state index contributed by atoms with van der Waals surface area (Å²) < 4.78 is 39.0. The maximum Gasteiger partial charge on any atom is 0.416 e. The first kappa shape index (κ1) is 14.5. The standard InChI is InChI=1S/C14H14F3N3/c1-8-5-9(2)13(20-6-8)12(18)10-7-19-4-3-11(10)14(15,16)17/h3-7,12H,18H2,1-2H3. The van der Waals surface area contributed by atoms with Gasteiger partial charge in [-0.15, -0.1) is 0 Å². The fraction of sp³-hybridized carbons (Fsp3) is 0.286. The molecule has 106 valence electrons. The summed E-state index contributed by atoms with van der Waals surface area (Å²) in [5.41, 5.74) is 7.23. The average molecular weight is 281 g/mol. The maximum atomic E-state index is 13.0. The minimum atomic E-state index is -4.46. The Morgan fingerprint density at radius 1 is 1.20 bits per heavy atom. The topological polar surface area (TPSA) is 51.8 Å². The van der Waals surface area contributed by atoms with Crippen LogP contribution in [0.2, 0.25) is 0 Å². The van der Waals surface area contributed by atoms with Gasteiger partial charge in [-0.1, -0.05) is 6.07 Å². The van der Waals surface area contributed by atoms with Crippen LogP contribution in [0.25, 0.3) is 0 Å². The van der Waals surface area contributed by atoms with Crippen LogP contribution in [0.1, 0.15) is 34.0 Å². The van der Waals surface area contributed by atoms with Crippen LogP contribution >= 0.6 is 0 Å². The number of halogens is 3. The summed E-state index contributed by atoms with van der Waals surface area (Å²) in [6, 6.07) is 1.81. The van der Waals surface area contributed by atoms with Gasteiger partial charge in [0.2, 0.25) is 0 Å². The fourth-order valence-electron chi connectivity index (χ4n) is 2.11. The zero-order chi connectivity index (χ0) is 14.9.